The van der Waals surface area contributed by atoms with Gasteiger partial charge in [-0.05, 0) is 91.3 Å². The standard InChI is InChI=1S/C29H27BrN2O5S/c1-4-35-25-16-20(8-15-24(25)37-18-19-6-11-22(30)12-7-19)17-26-27(33)32(3)29(38-26)31-23-13-9-21(10-14-23)28(34)36-5-2/h6-17H,4-5,18H2,1-3H3/b26-17+,31-29?. The van der Waals surface area contributed by atoms with Crippen LogP contribution >= 0.6 is 27.7 Å². The third-order valence-electron chi connectivity index (χ3n) is 5.48. The number of ether oxygens (including phenoxy) is 3. The number of amides is 1. The van der Waals surface area contributed by atoms with Crippen molar-refractivity contribution in [2.45, 2.75) is 20.5 Å². The van der Waals surface area contributed by atoms with Gasteiger partial charge in [0.05, 0.1) is 29.4 Å². The molecule has 0 aromatic heterocycles. The average Bonchev–Trinajstić information content (AvgIpc) is 3.17. The van der Waals surface area contributed by atoms with E-state index in [1.807, 2.05) is 55.5 Å². The number of thioether (sulfide) groups is 1. The van der Waals surface area contributed by atoms with Gasteiger partial charge in [0, 0.05) is 11.5 Å². The Hall–Kier alpha value is -3.56. The lowest BCUT2D eigenvalue weighted by molar-refractivity contribution is -0.121. The fourth-order valence-corrected chi connectivity index (χ4v) is 4.79. The van der Waals surface area contributed by atoms with Crippen molar-refractivity contribution in [2.24, 2.45) is 4.99 Å². The number of rotatable bonds is 9. The van der Waals surface area contributed by atoms with Crippen molar-refractivity contribution in [1.82, 2.24) is 4.90 Å². The Kier molecular flexibility index (Phi) is 9.25. The molecule has 3 aromatic rings. The second kappa shape index (κ2) is 12.8. The normalized spacial score (nSPS) is 15.3. The molecule has 0 unspecified atom stereocenters. The summed E-state index contributed by atoms with van der Waals surface area (Å²) in [6.07, 6.45) is 1.82. The van der Waals surface area contributed by atoms with Gasteiger partial charge >= 0.3 is 5.97 Å². The zero-order chi connectivity index (χ0) is 27.1. The molecule has 0 saturated carbocycles. The molecule has 0 aliphatic carbocycles. The van der Waals surface area contributed by atoms with Gasteiger partial charge in [-0.3, -0.25) is 9.69 Å². The Balaban J connectivity index is 1.50. The van der Waals surface area contributed by atoms with E-state index in [9.17, 15) is 9.59 Å². The van der Waals surface area contributed by atoms with E-state index in [-0.39, 0.29) is 11.9 Å². The monoisotopic (exact) mass is 594 g/mol. The molecular formula is C29H27BrN2O5S. The molecular weight excluding hydrogens is 568 g/mol. The van der Waals surface area contributed by atoms with E-state index in [2.05, 4.69) is 20.9 Å². The highest BCUT2D eigenvalue weighted by Gasteiger charge is 2.30. The number of carbonyl (C=O) groups is 2. The van der Waals surface area contributed by atoms with Gasteiger partial charge in [-0.2, -0.15) is 0 Å². The summed E-state index contributed by atoms with van der Waals surface area (Å²) < 4.78 is 17.9. The van der Waals surface area contributed by atoms with Crippen molar-refractivity contribution in [3.63, 3.8) is 0 Å². The van der Waals surface area contributed by atoms with Gasteiger partial charge in [0.15, 0.2) is 16.7 Å². The molecule has 1 aliphatic rings. The molecule has 0 spiro atoms. The lowest BCUT2D eigenvalue weighted by atomic mass is 10.1. The molecule has 3 aromatic carbocycles. The first-order valence-corrected chi connectivity index (χ1v) is 13.7. The minimum atomic E-state index is -0.379. The molecule has 9 heteroatoms. The number of aliphatic imine (C=N–C) groups is 1. The number of halogens is 1. The first-order valence-electron chi connectivity index (χ1n) is 12.1. The Bertz CT molecular complexity index is 1370. The lowest BCUT2D eigenvalue weighted by Gasteiger charge is -2.13. The molecule has 1 heterocycles. The average molecular weight is 596 g/mol. The zero-order valence-corrected chi connectivity index (χ0v) is 23.7. The second-order valence-corrected chi connectivity index (χ2v) is 10.1. The Morgan fingerprint density at radius 3 is 2.39 bits per heavy atom. The summed E-state index contributed by atoms with van der Waals surface area (Å²) in [6.45, 7) is 4.88. The van der Waals surface area contributed by atoms with Gasteiger partial charge in [0.1, 0.15) is 6.61 Å². The van der Waals surface area contributed by atoms with Crippen LogP contribution in [0.4, 0.5) is 5.69 Å². The number of nitrogens with zero attached hydrogens (tertiary/aromatic N) is 2. The molecule has 0 bridgehead atoms. The summed E-state index contributed by atoms with van der Waals surface area (Å²) in [6, 6.07) is 20.3. The van der Waals surface area contributed by atoms with Crippen molar-refractivity contribution in [2.75, 3.05) is 20.3 Å². The summed E-state index contributed by atoms with van der Waals surface area (Å²) in [5.74, 6) is 0.715. The van der Waals surface area contributed by atoms with E-state index in [0.29, 0.717) is 52.6 Å². The van der Waals surface area contributed by atoms with Crippen molar-refractivity contribution < 1.29 is 23.8 Å². The highest BCUT2D eigenvalue weighted by molar-refractivity contribution is 9.10. The first kappa shape index (κ1) is 27.5. The molecule has 1 saturated heterocycles. The van der Waals surface area contributed by atoms with Gasteiger partial charge in [-0.25, -0.2) is 9.79 Å². The van der Waals surface area contributed by atoms with Crippen molar-refractivity contribution in [1.29, 1.82) is 0 Å². The van der Waals surface area contributed by atoms with Crippen molar-refractivity contribution in [3.05, 3.63) is 92.8 Å². The van der Waals surface area contributed by atoms with Crippen LogP contribution in [0, 0.1) is 0 Å². The maximum atomic E-state index is 12.9. The van der Waals surface area contributed by atoms with Crippen molar-refractivity contribution in [3.8, 4) is 11.5 Å². The van der Waals surface area contributed by atoms with Crippen LogP contribution in [0.25, 0.3) is 6.08 Å². The summed E-state index contributed by atoms with van der Waals surface area (Å²) in [7, 11) is 1.69. The third kappa shape index (κ3) is 6.85. The van der Waals surface area contributed by atoms with Gasteiger partial charge < -0.3 is 14.2 Å². The molecule has 4 rings (SSSR count). The molecule has 0 radical (unpaired) electrons. The fourth-order valence-electron chi connectivity index (χ4n) is 3.54. The third-order valence-corrected chi connectivity index (χ3v) is 7.07. The van der Waals surface area contributed by atoms with Gasteiger partial charge in [0.25, 0.3) is 5.91 Å². The summed E-state index contributed by atoms with van der Waals surface area (Å²) in [5.41, 5.74) is 2.94. The SMILES string of the molecule is CCOC(=O)c1ccc(N=C2S/C(=C/c3ccc(OCc4ccc(Br)cc4)c(OCC)c3)C(=O)N2C)cc1. The molecule has 7 nitrogen and oxygen atoms in total. The van der Waals surface area contributed by atoms with Gasteiger partial charge in [-0.15, -0.1) is 0 Å². The number of benzene rings is 3. The second-order valence-electron chi connectivity index (χ2n) is 8.19. The largest absolute Gasteiger partial charge is 0.490 e. The van der Waals surface area contributed by atoms with E-state index in [0.717, 1.165) is 15.6 Å². The van der Waals surface area contributed by atoms with Crippen LogP contribution in [-0.4, -0.2) is 42.2 Å². The van der Waals surface area contributed by atoms with Crippen LogP contribution < -0.4 is 9.47 Å². The Labute approximate surface area is 234 Å². The molecule has 0 atom stereocenters. The smallest absolute Gasteiger partial charge is 0.338 e. The molecule has 1 amide bonds. The molecule has 1 aliphatic heterocycles. The number of carbonyl (C=O) groups excluding carboxylic acids is 2. The van der Waals surface area contributed by atoms with Crippen LogP contribution in [-0.2, 0) is 16.1 Å². The first-order chi connectivity index (χ1) is 18.4. The van der Waals surface area contributed by atoms with Crippen LogP contribution in [0.3, 0.4) is 0 Å². The maximum absolute atomic E-state index is 12.9. The van der Waals surface area contributed by atoms with E-state index in [1.165, 1.54) is 16.7 Å². The van der Waals surface area contributed by atoms with Gasteiger partial charge in [0.2, 0.25) is 0 Å². The molecule has 196 valence electrons. The van der Waals surface area contributed by atoms with Crippen LogP contribution in [0.1, 0.15) is 35.3 Å². The van der Waals surface area contributed by atoms with E-state index < -0.39 is 0 Å². The number of amidine groups is 1. The van der Waals surface area contributed by atoms with E-state index in [4.69, 9.17) is 14.2 Å². The summed E-state index contributed by atoms with van der Waals surface area (Å²) >= 11 is 4.73. The highest BCUT2D eigenvalue weighted by Crippen LogP contribution is 2.35. The van der Waals surface area contributed by atoms with Crippen LogP contribution in [0.5, 0.6) is 11.5 Å². The Morgan fingerprint density at radius 1 is 0.974 bits per heavy atom. The quantitative estimate of drug-likeness (QED) is 0.199. The summed E-state index contributed by atoms with van der Waals surface area (Å²) in [5, 5.41) is 0.546. The number of likely N-dealkylation sites (N-methyl/N-ethyl adjacent to an activating group) is 1. The Morgan fingerprint density at radius 2 is 1.71 bits per heavy atom. The van der Waals surface area contributed by atoms with Crippen molar-refractivity contribution >= 4 is 56.5 Å². The minimum absolute atomic E-state index is 0.148. The maximum Gasteiger partial charge on any atom is 0.338 e. The predicted molar refractivity (Wildman–Crippen MR) is 154 cm³/mol. The summed E-state index contributed by atoms with van der Waals surface area (Å²) in [4.78, 5) is 31.4. The minimum Gasteiger partial charge on any atom is -0.490 e. The predicted octanol–water partition coefficient (Wildman–Crippen LogP) is 6.84. The lowest BCUT2D eigenvalue weighted by Crippen LogP contribution is -2.23. The number of hydrogen-bond acceptors (Lipinski definition) is 7. The highest BCUT2D eigenvalue weighted by atomic mass is 79.9. The van der Waals surface area contributed by atoms with Gasteiger partial charge in [-0.1, -0.05) is 34.1 Å². The fraction of sp³-hybridized carbons (Fsp3) is 0.207. The topological polar surface area (TPSA) is 77.4 Å². The molecule has 1 fully saturated rings. The molecule has 38 heavy (non-hydrogen) atoms. The number of hydrogen-bond donors (Lipinski definition) is 0. The van der Waals surface area contributed by atoms with Crippen LogP contribution in [0.2, 0.25) is 0 Å². The molecule has 0 N–H and O–H groups in total. The zero-order valence-electron chi connectivity index (χ0n) is 21.3. The number of esters is 1. The van der Waals surface area contributed by atoms with E-state index in [1.54, 1.807) is 38.2 Å². The van der Waals surface area contributed by atoms with E-state index >= 15 is 0 Å². The van der Waals surface area contributed by atoms with Crippen LogP contribution in [0.15, 0.2) is 81.1 Å².